The van der Waals surface area contributed by atoms with Crippen molar-refractivity contribution in [1.29, 1.82) is 5.26 Å². The van der Waals surface area contributed by atoms with Gasteiger partial charge in [-0.15, -0.1) is 10.2 Å². The van der Waals surface area contributed by atoms with Gasteiger partial charge in [0.1, 0.15) is 23.5 Å². The number of fused-ring (bicyclic) bond motifs is 1. The Morgan fingerprint density at radius 3 is 2.72 bits per heavy atom. The van der Waals surface area contributed by atoms with Crippen LogP contribution in [0.5, 0.6) is 0 Å². The third-order valence-electron chi connectivity index (χ3n) is 4.77. The second-order valence-electron chi connectivity index (χ2n) is 6.32. The fourth-order valence-electron chi connectivity index (χ4n) is 3.27. The number of nitriles is 1. The van der Waals surface area contributed by atoms with Gasteiger partial charge in [0.25, 0.3) is 5.56 Å². The molecule has 132 valence electrons. The van der Waals surface area contributed by atoms with Crippen LogP contribution in [0, 0.1) is 17.2 Å². The smallest absolute Gasteiger partial charge is 0.332 e. The summed E-state index contributed by atoms with van der Waals surface area (Å²) >= 11 is 0. The number of aryl methyl sites for hydroxylation is 2. The molecule has 3 heterocycles. The zero-order chi connectivity index (χ0) is 18.1. The third-order valence-corrected chi connectivity index (χ3v) is 4.77. The minimum absolute atomic E-state index is 0.0420. The molecule has 25 heavy (non-hydrogen) atoms. The molecule has 0 fully saturated rings. The second kappa shape index (κ2) is 6.55. The van der Waals surface area contributed by atoms with E-state index in [1.165, 1.54) is 11.6 Å². The average molecular weight is 343 g/mol. The Morgan fingerprint density at radius 1 is 1.28 bits per heavy atom. The van der Waals surface area contributed by atoms with Crippen molar-refractivity contribution < 1.29 is 0 Å². The Bertz CT molecular complexity index is 947. The zero-order valence-corrected chi connectivity index (χ0v) is 14.6. The van der Waals surface area contributed by atoms with E-state index in [0.717, 1.165) is 42.0 Å². The maximum atomic E-state index is 12.1. The summed E-state index contributed by atoms with van der Waals surface area (Å²) in [6, 6.07) is 1.91. The van der Waals surface area contributed by atoms with Crippen LogP contribution in [0.25, 0.3) is 0 Å². The molecule has 1 unspecified atom stereocenters. The van der Waals surface area contributed by atoms with Gasteiger partial charge in [-0.3, -0.25) is 13.9 Å². The van der Waals surface area contributed by atoms with E-state index in [9.17, 15) is 14.9 Å². The van der Waals surface area contributed by atoms with Crippen LogP contribution in [0.1, 0.15) is 30.6 Å². The highest BCUT2D eigenvalue weighted by atomic mass is 16.2. The Labute approximate surface area is 144 Å². The molecule has 0 aromatic carbocycles. The quantitative estimate of drug-likeness (QED) is 0.822. The number of aromatic nitrogens is 5. The van der Waals surface area contributed by atoms with Gasteiger partial charge in [-0.2, -0.15) is 5.26 Å². The molecule has 2 aromatic heterocycles. The lowest BCUT2D eigenvalue weighted by molar-refractivity contribution is 0.374. The Balaban J connectivity index is 1.83. The molecule has 0 saturated heterocycles. The molecule has 0 radical (unpaired) electrons. The first-order valence-corrected chi connectivity index (χ1v) is 8.32. The molecule has 1 N–H and O–H groups in total. The van der Waals surface area contributed by atoms with Crippen LogP contribution in [0.3, 0.4) is 0 Å². The van der Waals surface area contributed by atoms with Crippen LogP contribution in [0.2, 0.25) is 0 Å². The molecule has 2 aromatic rings. The summed E-state index contributed by atoms with van der Waals surface area (Å²) in [5.74, 6) is 2.56. The number of hydrogen-bond acceptors (Lipinski definition) is 6. The van der Waals surface area contributed by atoms with E-state index in [2.05, 4.69) is 20.1 Å². The molecule has 0 spiro atoms. The number of rotatable bonds is 4. The van der Waals surface area contributed by atoms with Crippen molar-refractivity contribution in [3.05, 3.63) is 38.1 Å². The zero-order valence-electron chi connectivity index (χ0n) is 14.6. The molecule has 1 aliphatic heterocycles. The lowest BCUT2D eigenvalue weighted by Gasteiger charge is -2.25. The van der Waals surface area contributed by atoms with Crippen molar-refractivity contribution >= 4 is 5.82 Å². The van der Waals surface area contributed by atoms with Gasteiger partial charge >= 0.3 is 5.69 Å². The van der Waals surface area contributed by atoms with Crippen LogP contribution in [-0.2, 0) is 33.5 Å². The van der Waals surface area contributed by atoms with Gasteiger partial charge < -0.3 is 9.88 Å². The molecule has 3 rings (SSSR count). The molecule has 0 saturated carbocycles. The SMILES string of the molecule is CCc1nnc2n1CC(CNc1c(C#N)c(=O)n(C)c(=O)n1C)CC2. The summed E-state index contributed by atoms with van der Waals surface area (Å²) in [6.45, 7) is 3.41. The highest BCUT2D eigenvalue weighted by Gasteiger charge is 2.23. The fourth-order valence-corrected chi connectivity index (χ4v) is 3.27. The summed E-state index contributed by atoms with van der Waals surface area (Å²) in [4.78, 5) is 24.2. The fraction of sp³-hybridized carbons (Fsp3) is 0.562. The molecule has 0 bridgehead atoms. The molecule has 9 heteroatoms. The van der Waals surface area contributed by atoms with Crippen molar-refractivity contribution in [2.75, 3.05) is 11.9 Å². The molecule has 1 aliphatic rings. The predicted octanol–water partition coefficient (Wildman–Crippen LogP) is -0.216. The highest BCUT2D eigenvalue weighted by Crippen LogP contribution is 2.21. The maximum absolute atomic E-state index is 12.1. The molecule has 0 amide bonds. The Kier molecular flexibility index (Phi) is 4.44. The third kappa shape index (κ3) is 2.84. The number of nitrogens with zero attached hydrogens (tertiary/aromatic N) is 6. The van der Waals surface area contributed by atoms with Crippen LogP contribution in [0.15, 0.2) is 9.59 Å². The lowest BCUT2D eigenvalue weighted by Crippen LogP contribution is -2.40. The predicted molar refractivity (Wildman–Crippen MR) is 91.3 cm³/mol. The first kappa shape index (κ1) is 17.0. The van der Waals surface area contributed by atoms with Gasteiger partial charge in [-0.25, -0.2) is 4.79 Å². The summed E-state index contributed by atoms with van der Waals surface area (Å²) in [5, 5.41) is 20.9. The molecule has 9 nitrogen and oxygen atoms in total. The molecular weight excluding hydrogens is 322 g/mol. The van der Waals surface area contributed by atoms with Crippen molar-refractivity contribution in [1.82, 2.24) is 23.9 Å². The van der Waals surface area contributed by atoms with E-state index in [1.54, 1.807) is 7.05 Å². The minimum atomic E-state index is -0.578. The first-order valence-electron chi connectivity index (χ1n) is 8.32. The monoisotopic (exact) mass is 343 g/mol. The topological polar surface area (TPSA) is 111 Å². The van der Waals surface area contributed by atoms with Gasteiger partial charge in [0, 0.05) is 40.0 Å². The number of nitrogens with one attached hydrogen (secondary N) is 1. The Hall–Kier alpha value is -2.89. The highest BCUT2D eigenvalue weighted by molar-refractivity contribution is 5.51. The molecule has 1 atom stereocenters. The van der Waals surface area contributed by atoms with Gasteiger partial charge in [0.2, 0.25) is 0 Å². The van der Waals surface area contributed by atoms with E-state index in [1.807, 2.05) is 13.0 Å². The largest absolute Gasteiger partial charge is 0.370 e. The number of hydrogen-bond donors (Lipinski definition) is 1. The van der Waals surface area contributed by atoms with Crippen molar-refractivity contribution in [3.63, 3.8) is 0 Å². The van der Waals surface area contributed by atoms with Crippen LogP contribution >= 0.6 is 0 Å². The van der Waals surface area contributed by atoms with E-state index < -0.39 is 11.2 Å². The van der Waals surface area contributed by atoms with Crippen molar-refractivity contribution in [2.45, 2.75) is 32.7 Å². The summed E-state index contributed by atoms with van der Waals surface area (Å²) in [6.07, 6.45) is 2.62. The summed E-state index contributed by atoms with van der Waals surface area (Å²) < 4.78 is 4.40. The van der Waals surface area contributed by atoms with Crippen molar-refractivity contribution in [3.8, 4) is 6.07 Å². The first-order chi connectivity index (χ1) is 12.0. The van der Waals surface area contributed by atoms with Gasteiger partial charge in [-0.05, 0) is 12.3 Å². The van der Waals surface area contributed by atoms with Gasteiger partial charge in [-0.1, -0.05) is 6.92 Å². The maximum Gasteiger partial charge on any atom is 0.332 e. The van der Waals surface area contributed by atoms with Crippen LogP contribution in [0.4, 0.5) is 5.82 Å². The van der Waals surface area contributed by atoms with E-state index in [-0.39, 0.29) is 11.4 Å². The molecular formula is C16H21N7O2. The van der Waals surface area contributed by atoms with Crippen LogP contribution in [-0.4, -0.2) is 30.4 Å². The lowest BCUT2D eigenvalue weighted by atomic mass is 9.99. The van der Waals surface area contributed by atoms with Gasteiger partial charge in [0.05, 0.1) is 0 Å². The van der Waals surface area contributed by atoms with Crippen LogP contribution < -0.4 is 16.6 Å². The van der Waals surface area contributed by atoms with E-state index in [4.69, 9.17) is 0 Å². The second-order valence-corrected chi connectivity index (χ2v) is 6.32. The molecule has 0 aliphatic carbocycles. The normalized spacial score (nSPS) is 16.3. The van der Waals surface area contributed by atoms with E-state index in [0.29, 0.717) is 12.5 Å². The van der Waals surface area contributed by atoms with E-state index >= 15 is 0 Å². The average Bonchev–Trinajstić information content (AvgIpc) is 3.04. The minimum Gasteiger partial charge on any atom is -0.370 e. The Morgan fingerprint density at radius 2 is 2.04 bits per heavy atom. The van der Waals surface area contributed by atoms with Crippen molar-refractivity contribution in [2.24, 2.45) is 20.0 Å². The summed E-state index contributed by atoms with van der Waals surface area (Å²) in [7, 11) is 2.93. The standard InChI is InChI=1S/C16H21N7O2/c1-4-12-19-20-13-6-5-10(9-23(12)13)8-18-14-11(7-17)15(24)22(3)16(25)21(14)2/h10,18H,4-6,8-9H2,1-3H3. The number of anilines is 1. The summed E-state index contributed by atoms with van der Waals surface area (Å²) in [5.41, 5.74) is -1.07. The van der Waals surface area contributed by atoms with Gasteiger partial charge in [0.15, 0.2) is 5.56 Å².